The van der Waals surface area contributed by atoms with Crippen LogP contribution in [0.5, 0.6) is 5.88 Å². The van der Waals surface area contributed by atoms with Crippen LogP contribution < -0.4 is 15.4 Å². The van der Waals surface area contributed by atoms with Crippen molar-refractivity contribution in [3.05, 3.63) is 54.5 Å². The summed E-state index contributed by atoms with van der Waals surface area (Å²) < 4.78 is 2.13. The Bertz CT molecular complexity index is 1130. The topological polar surface area (TPSA) is 91.3 Å². The molecule has 1 aromatic carbocycles. The SMILES string of the molecule is N=c1sc(C2=c3cc(Br)ccc3=NC2=O)c(O)n1-c1nccs1. The Morgan fingerprint density at radius 3 is 2.91 bits per heavy atom. The minimum absolute atomic E-state index is 0.0937. The minimum Gasteiger partial charge on any atom is -0.493 e. The maximum Gasteiger partial charge on any atom is 0.279 e. The van der Waals surface area contributed by atoms with Crippen LogP contribution in [-0.2, 0) is 4.79 Å². The third-order valence-corrected chi connectivity index (χ3v) is 5.53. The lowest BCUT2D eigenvalue weighted by Gasteiger charge is -2.01. The maximum atomic E-state index is 12.3. The van der Waals surface area contributed by atoms with E-state index < -0.39 is 5.91 Å². The highest BCUT2D eigenvalue weighted by Crippen LogP contribution is 2.30. The summed E-state index contributed by atoms with van der Waals surface area (Å²) in [5.74, 6) is -0.581. The molecular formula is C14H7BrN4O2S2. The number of nitrogens with zero attached hydrogens (tertiary/aromatic N) is 3. The van der Waals surface area contributed by atoms with Gasteiger partial charge in [-0.1, -0.05) is 27.3 Å². The van der Waals surface area contributed by atoms with Crippen molar-refractivity contribution in [2.45, 2.75) is 0 Å². The largest absolute Gasteiger partial charge is 0.493 e. The van der Waals surface area contributed by atoms with Crippen molar-refractivity contribution in [3.63, 3.8) is 0 Å². The number of hydrogen-bond donors (Lipinski definition) is 2. The molecule has 3 aromatic rings. The lowest BCUT2D eigenvalue weighted by molar-refractivity contribution is -0.112. The average Bonchev–Trinajstić information content (AvgIpc) is 3.18. The van der Waals surface area contributed by atoms with Gasteiger partial charge in [-0.2, -0.15) is 0 Å². The number of fused-ring (bicyclic) bond motifs is 1. The Hall–Kier alpha value is -2.10. The van der Waals surface area contributed by atoms with Crippen molar-refractivity contribution in [2.75, 3.05) is 0 Å². The van der Waals surface area contributed by atoms with E-state index in [4.69, 9.17) is 5.41 Å². The molecule has 0 saturated heterocycles. The predicted molar refractivity (Wildman–Crippen MR) is 89.3 cm³/mol. The monoisotopic (exact) mass is 406 g/mol. The number of benzene rings is 1. The van der Waals surface area contributed by atoms with Crippen molar-refractivity contribution >= 4 is 50.1 Å². The zero-order chi connectivity index (χ0) is 16.1. The number of thiazole rings is 2. The molecule has 9 heteroatoms. The van der Waals surface area contributed by atoms with E-state index in [2.05, 4.69) is 25.9 Å². The molecule has 3 heterocycles. The van der Waals surface area contributed by atoms with Crippen LogP contribution in [0, 0.1) is 5.41 Å². The fraction of sp³-hybridized carbons (Fsp3) is 0. The molecule has 1 aliphatic rings. The van der Waals surface area contributed by atoms with E-state index in [1.165, 1.54) is 15.9 Å². The van der Waals surface area contributed by atoms with Gasteiger partial charge in [-0.05, 0) is 18.2 Å². The molecule has 0 saturated carbocycles. The fourth-order valence-electron chi connectivity index (χ4n) is 2.36. The summed E-state index contributed by atoms with van der Waals surface area (Å²) in [6.45, 7) is 0. The molecular weight excluding hydrogens is 400 g/mol. The molecule has 1 aliphatic heterocycles. The number of nitrogens with one attached hydrogen (secondary N) is 1. The van der Waals surface area contributed by atoms with E-state index in [9.17, 15) is 9.90 Å². The normalized spacial score (nSPS) is 13.3. The van der Waals surface area contributed by atoms with Crippen molar-refractivity contribution in [3.8, 4) is 11.0 Å². The maximum absolute atomic E-state index is 12.3. The van der Waals surface area contributed by atoms with E-state index in [1.54, 1.807) is 29.8 Å². The molecule has 2 N–H and O–H groups in total. The Kier molecular flexibility index (Phi) is 3.29. The first-order chi connectivity index (χ1) is 11.1. The summed E-state index contributed by atoms with van der Waals surface area (Å²) >= 11 is 5.70. The first kappa shape index (κ1) is 14.5. The number of amides is 1. The third kappa shape index (κ3) is 2.19. The van der Waals surface area contributed by atoms with Crippen LogP contribution in [0.2, 0.25) is 0 Å². The van der Waals surface area contributed by atoms with Gasteiger partial charge in [0.15, 0.2) is 9.93 Å². The second-order valence-corrected chi connectivity index (χ2v) is 7.45. The van der Waals surface area contributed by atoms with Gasteiger partial charge < -0.3 is 5.11 Å². The first-order valence-corrected chi connectivity index (χ1v) is 8.88. The highest BCUT2D eigenvalue weighted by Gasteiger charge is 2.26. The summed E-state index contributed by atoms with van der Waals surface area (Å²) in [5.41, 5.74) is 0.313. The number of halogens is 1. The highest BCUT2D eigenvalue weighted by atomic mass is 79.9. The fourth-order valence-corrected chi connectivity index (χ4v) is 4.36. The second kappa shape index (κ2) is 5.22. The van der Waals surface area contributed by atoms with Crippen molar-refractivity contribution in [2.24, 2.45) is 4.99 Å². The van der Waals surface area contributed by atoms with E-state index >= 15 is 0 Å². The van der Waals surface area contributed by atoms with Crippen molar-refractivity contribution in [1.29, 1.82) is 5.41 Å². The molecule has 114 valence electrons. The van der Waals surface area contributed by atoms with Crippen LogP contribution in [0.3, 0.4) is 0 Å². The molecule has 0 atom stereocenters. The van der Waals surface area contributed by atoms with Crippen LogP contribution in [0.4, 0.5) is 0 Å². The molecule has 0 aliphatic carbocycles. The van der Waals surface area contributed by atoms with Crippen molar-refractivity contribution in [1.82, 2.24) is 9.55 Å². The zero-order valence-corrected chi connectivity index (χ0v) is 14.5. The van der Waals surface area contributed by atoms with E-state index in [-0.39, 0.29) is 10.7 Å². The molecule has 1 amide bonds. The first-order valence-electron chi connectivity index (χ1n) is 6.39. The van der Waals surface area contributed by atoms with Gasteiger partial charge in [0.1, 0.15) is 4.88 Å². The van der Waals surface area contributed by atoms with Crippen LogP contribution in [0.1, 0.15) is 4.88 Å². The summed E-state index contributed by atoms with van der Waals surface area (Å²) in [6, 6.07) is 5.33. The van der Waals surface area contributed by atoms with E-state index in [0.717, 1.165) is 15.8 Å². The number of carbonyl (C=O) groups excluding carboxylic acids is 1. The van der Waals surface area contributed by atoms with Gasteiger partial charge in [0, 0.05) is 21.3 Å². The second-order valence-electron chi connectivity index (χ2n) is 4.66. The molecule has 0 bridgehead atoms. The third-order valence-electron chi connectivity index (χ3n) is 3.32. The predicted octanol–water partition coefficient (Wildman–Crippen LogP) is 1.30. The standard InChI is InChI=1S/C14H7BrN4O2S2/c15-6-1-2-8-7(5-6)9(11(20)18-8)10-12(21)19(13(16)23-10)14-17-3-4-22-14/h1-5,16,21H. The van der Waals surface area contributed by atoms with Crippen LogP contribution in [-0.4, -0.2) is 20.6 Å². The Labute approximate surface area is 145 Å². The van der Waals surface area contributed by atoms with E-state index in [1.807, 2.05) is 0 Å². The lowest BCUT2D eigenvalue weighted by Crippen LogP contribution is -2.22. The molecule has 2 aromatic heterocycles. The number of rotatable bonds is 2. The number of carbonyl (C=O) groups is 1. The number of aromatic hydroxyl groups is 1. The summed E-state index contributed by atoms with van der Waals surface area (Å²) in [5, 5.41) is 22.1. The molecule has 0 unspecified atom stereocenters. The van der Waals surface area contributed by atoms with Gasteiger partial charge >= 0.3 is 0 Å². The van der Waals surface area contributed by atoms with Gasteiger partial charge in [-0.3, -0.25) is 10.2 Å². The molecule has 4 rings (SSSR count). The van der Waals surface area contributed by atoms with Crippen molar-refractivity contribution < 1.29 is 9.90 Å². The molecule has 0 radical (unpaired) electrons. The van der Waals surface area contributed by atoms with Gasteiger partial charge in [0.2, 0.25) is 5.88 Å². The molecule has 23 heavy (non-hydrogen) atoms. The van der Waals surface area contributed by atoms with E-state index in [0.29, 0.717) is 26.2 Å². The minimum atomic E-state index is -0.416. The molecule has 0 fully saturated rings. The van der Waals surface area contributed by atoms with Gasteiger partial charge in [0.25, 0.3) is 5.91 Å². The summed E-state index contributed by atoms with van der Waals surface area (Å²) in [7, 11) is 0. The Balaban J connectivity index is 2.05. The number of hydrogen-bond acceptors (Lipinski definition) is 6. The smallest absolute Gasteiger partial charge is 0.279 e. The van der Waals surface area contributed by atoms with Crippen LogP contribution in [0.15, 0.2) is 39.2 Å². The molecule has 0 spiro atoms. The summed E-state index contributed by atoms with van der Waals surface area (Å²) in [4.78, 5) is 20.8. The van der Waals surface area contributed by atoms with Gasteiger partial charge in [-0.25, -0.2) is 14.5 Å². The zero-order valence-electron chi connectivity index (χ0n) is 11.3. The Morgan fingerprint density at radius 1 is 1.35 bits per heavy atom. The quantitative estimate of drug-likeness (QED) is 0.671. The molecule has 6 nitrogen and oxygen atoms in total. The lowest BCUT2D eigenvalue weighted by atomic mass is 10.1. The summed E-state index contributed by atoms with van der Waals surface area (Å²) in [6.07, 6.45) is 1.60. The van der Waals surface area contributed by atoms with Crippen LogP contribution >= 0.6 is 38.6 Å². The van der Waals surface area contributed by atoms with Gasteiger partial charge in [-0.15, -0.1) is 11.3 Å². The van der Waals surface area contributed by atoms with Gasteiger partial charge in [0.05, 0.1) is 10.9 Å². The number of aromatic nitrogens is 2. The average molecular weight is 407 g/mol. The van der Waals surface area contributed by atoms with Crippen LogP contribution in [0.25, 0.3) is 10.7 Å². The Morgan fingerprint density at radius 2 is 2.17 bits per heavy atom. The highest BCUT2D eigenvalue weighted by molar-refractivity contribution is 9.10.